The first-order chi connectivity index (χ1) is 15.0. The Balaban J connectivity index is 1.27. The Hall–Kier alpha value is -2.99. The number of aromatic nitrogens is 2. The van der Waals surface area contributed by atoms with E-state index in [4.69, 9.17) is 0 Å². The Kier molecular flexibility index (Phi) is 4.09. The fourth-order valence-electron chi connectivity index (χ4n) is 5.17. The van der Waals surface area contributed by atoms with Crippen molar-refractivity contribution in [1.29, 1.82) is 0 Å². The van der Waals surface area contributed by atoms with Crippen molar-refractivity contribution in [2.45, 2.75) is 24.8 Å². The molecule has 1 saturated carbocycles. The number of amides is 1. The predicted molar refractivity (Wildman–Crippen MR) is 117 cm³/mol. The molecule has 3 aromatic rings. The van der Waals surface area contributed by atoms with Gasteiger partial charge in [0.15, 0.2) is 0 Å². The van der Waals surface area contributed by atoms with Crippen LogP contribution >= 0.6 is 0 Å². The predicted octanol–water partition coefficient (Wildman–Crippen LogP) is 3.74. The van der Waals surface area contributed by atoms with E-state index in [1.54, 1.807) is 21.8 Å². The lowest BCUT2D eigenvalue weighted by atomic mass is 9.74. The van der Waals surface area contributed by atoms with Crippen molar-refractivity contribution >= 4 is 11.6 Å². The molecule has 1 saturated heterocycles. The smallest absolute Gasteiger partial charge is 0.240 e. The quantitative estimate of drug-likeness (QED) is 0.636. The van der Waals surface area contributed by atoms with Crippen molar-refractivity contribution in [3.63, 3.8) is 0 Å². The Bertz CT molecular complexity index is 1180. The van der Waals surface area contributed by atoms with Gasteiger partial charge in [0.05, 0.1) is 12.7 Å². The normalized spacial score (nSPS) is 19.7. The van der Waals surface area contributed by atoms with E-state index < -0.39 is 5.41 Å². The minimum Gasteiger partial charge on any atom is -0.307 e. The van der Waals surface area contributed by atoms with Gasteiger partial charge in [-0.05, 0) is 42.0 Å². The van der Waals surface area contributed by atoms with Crippen LogP contribution in [0.25, 0.3) is 11.1 Å². The van der Waals surface area contributed by atoms with E-state index in [0.717, 1.165) is 47.9 Å². The van der Waals surface area contributed by atoms with Crippen LogP contribution in [0.3, 0.4) is 0 Å². The summed E-state index contributed by atoms with van der Waals surface area (Å²) in [5.41, 5.74) is 3.75. The molecule has 1 spiro atoms. The van der Waals surface area contributed by atoms with Crippen LogP contribution in [0.15, 0.2) is 54.9 Å². The van der Waals surface area contributed by atoms with Crippen molar-refractivity contribution in [3.05, 3.63) is 71.8 Å². The van der Waals surface area contributed by atoms with E-state index in [1.807, 2.05) is 37.5 Å². The summed E-state index contributed by atoms with van der Waals surface area (Å²) in [6.45, 7) is 2.90. The molecule has 2 aliphatic heterocycles. The molecule has 2 aromatic carbocycles. The molecule has 0 N–H and O–H groups in total. The highest BCUT2D eigenvalue weighted by molar-refractivity contribution is 6.09. The molecular weight excluding hydrogens is 391 g/mol. The lowest BCUT2D eigenvalue weighted by molar-refractivity contribution is -0.129. The zero-order valence-electron chi connectivity index (χ0n) is 17.6. The van der Waals surface area contributed by atoms with Gasteiger partial charge in [0.1, 0.15) is 11.2 Å². The fourth-order valence-corrected chi connectivity index (χ4v) is 5.17. The molecule has 158 valence electrons. The molecule has 31 heavy (non-hydrogen) atoms. The molecule has 3 aliphatic rings. The van der Waals surface area contributed by atoms with E-state index in [1.165, 1.54) is 18.9 Å². The minimum absolute atomic E-state index is 0.108. The van der Waals surface area contributed by atoms with Crippen molar-refractivity contribution in [1.82, 2.24) is 14.7 Å². The Morgan fingerprint density at radius 2 is 1.94 bits per heavy atom. The molecule has 0 atom stereocenters. The first-order valence-electron chi connectivity index (χ1n) is 10.9. The number of nitrogens with zero attached hydrogens (tertiary/aromatic N) is 4. The molecular formula is C25H25FN4O. The number of fused-ring (bicyclic) bond motifs is 2. The molecule has 1 aliphatic carbocycles. The number of aryl methyl sites for hydroxylation is 1. The number of hydrogen-bond acceptors (Lipinski definition) is 3. The summed E-state index contributed by atoms with van der Waals surface area (Å²) in [5.74, 6) is 0.626. The molecule has 6 rings (SSSR count). The maximum Gasteiger partial charge on any atom is 0.240 e. The van der Waals surface area contributed by atoms with Crippen LogP contribution in [0.5, 0.6) is 0 Å². The van der Waals surface area contributed by atoms with E-state index in [-0.39, 0.29) is 18.3 Å². The second kappa shape index (κ2) is 6.76. The highest BCUT2D eigenvalue weighted by atomic mass is 19.1. The number of carbonyl (C=O) groups is 1. The summed E-state index contributed by atoms with van der Waals surface area (Å²) >= 11 is 0. The maximum absolute atomic E-state index is 15.0. The number of carbonyl (C=O) groups excluding carboxylic acids is 1. The standard InChI is InChI=1S/C25H25FN4O/c1-28-13-20(11-27-28)18-8-9-19(22(26)10-18)14-30-23-5-3-2-4-21(23)25(24(30)31)15-29(16-25)12-17-6-7-17/h2-5,8-11,13,17H,6-7,12,14-16H2,1H3. The second-order valence-corrected chi connectivity index (χ2v) is 9.31. The number of rotatable bonds is 5. The van der Waals surface area contributed by atoms with Gasteiger partial charge in [0, 0.05) is 49.7 Å². The Morgan fingerprint density at radius 1 is 1.13 bits per heavy atom. The maximum atomic E-state index is 15.0. The van der Waals surface area contributed by atoms with Gasteiger partial charge in [0.25, 0.3) is 0 Å². The molecule has 0 bridgehead atoms. The van der Waals surface area contributed by atoms with Crippen LogP contribution in [0, 0.1) is 11.7 Å². The lowest BCUT2D eigenvalue weighted by Crippen LogP contribution is -2.64. The molecule has 5 nitrogen and oxygen atoms in total. The highest BCUT2D eigenvalue weighted by Crippen LogP contribution is 2.48. The summed E-state index contributed by atoms with van der Waals surface area (Å²) in [4.78, 5) is 17.8. The number of hydrogen-bond donors (Lipinski definition) is 0. The van der Waals surface area contributed by atoms with E-state index in [2.05, 4.69) is 16.1 Å². The molecule has 2 fully saturated rings. The molecule has 1 amide bonds. The van der Waals surface area contributed by atoms with Crippen LogP contribution in [-0.2, 0) is 23.8 Å². The lowest BCUT2D eigenvalue weighted by Gasteiger charge is -2.47. The van der Waals surface area contributed by atoms with Crippen LogP contribution in [0.1, 0.15) is 24.0 Å². The second-order valence-electron chi connectivity index (χ2n) is 9.31. The molecule has 0 radical (unpaired) electrons. The first-order valence-corrected chi connectivity index (χ1v) is 10.9. The zero-order chi connectivity index (χ0) is 21.2. The number of halogens is 1. The zero-order valence-corrected chi connectivity index (χ0v) is 17.6. The summed E-state index contributed by atoms with van der Waals surface area (Å²) in [6, 6.07) is 13.3. The third-order valence-corrected chi connectivity index (χ3v) is 6.99. The van der Waals surface area contributed by atoms with Crippen LogP contribution < -0.4 is 4.90 Å². The first kappa shape index (κ1) is 18.8. The van der Waals surface area contributed by atoms with E-state index >= 15 is 4.39 Å². The van der Waals surface area contributed by atoms with Crippen molar-refractivity contribution in [3.8, 4) is 11.1 Å². The van der Waals surface area contributed by atoms with Crippen LogP contribution in [-0.4, -0.2) is 40.2 Å². The number of benzene rings is 2. The number of anilines is 1. The average molecular weight is 417 g/mol. The van der Waals surface area contributed by atoms with Gasteiger partial charge in [0.2, 0.25) is 5.91 Å². The van der Waals surface area contributed by atoms with Crippen LogP contribution in [0.2, 0.25) is 0 Å². The SMILES string of the molecule is Cn1cc(-c2ccc(CN3C(=O)C4(CN(CC5CC5)C4)c4ccccc43)c(F)c2)cn1. The van der Waals surface area contributed by atoms with Gasteiger partial charge in [-0.1, -0.05) is 30.3 Å². The van der Waals surface area contributed by atoms with Crippen molar-refractivity contribution < 1.29 is 9.18 Å². The topological polar surface area (TPSA) is 41.4 Å². The van der Waals surface area contributed by atoms with Gasteiger partial charge in [-0.3, -0.25) is 9.48 Å². The van der Waals surface area contributed by atoms with E-state index in [0.29, 0.717) is 5.56 Å². The minimum atomic E-state index is -0.461. The van der Waals surface area contributed by atoms with E-state index in [9.17, 15) is 4.79 Å². The van der Waals surface area contributed by atoms with Crippen LogP contribution in [0.4, 0.5) is 10.1 Å². The van der Waals surface area contributed by atoms with Crippen molar-refractivity contribution in [2.24, 2.45) is 13.0 Å². The molecule has 3 heterocycles. The number of likely N-dealkylation sites (tertiary alicyclic amines) is 1. The third-order valence-electron chi connectivity index (χ3n) is 6.99. The summed E-state index contributed by atoms with van der Waals surface area (Å²) in [6.07, 6.45) is 6.22. The largest absolute Gasteiger partial charge is 0.307 e. The molecule has 6 heteroatoms. The molecule has 1 aromatic heterocycles. The third kappa shape index (κ3) is 3.00. The van der Waals surface area contributed by atoms with Gasteiger partial charge in [-0.15, -0.1) is 0 Å². The fraction of sp³-hybridized carbons (Fsp3) is 0.360. The molecule has 0 unspecified atom stereocenters. The summed E-state index contributed by atoms with van der Waals surface area (Å²) < 4.78 is 16.7. The van der Waals surface area contributed by atoms with Gasteiger partial charge >= 0.3 is 0 Å². The highest BCUT2D eigenvalue weighted by Gasteiger charge is 2.58. The van der Waals surface area contributed by atoms with Gasteiger partial charge < -0.3 is 9.80 Å². The Labute approximate surface area is 181 Å². The van der Waals surface area contributed by atoms with Gasteiger partial charge in [-0.2, -0.15) is 5.10 Å². The summed E-state index contributed by atoms with van der Waals surface area (Å²) in [7, 11) is 1.84. The van der Waals surface area contributed by atoms with Gasteiger partial charge in [-0.25, -0.2) is 4.39 Å². The van der Waals surface area contributed by atoms with Crippen molar-refractivity contribution in [2.75, 3.05) is 24.5 Å². The Morgan fingerprint density at radius 3 is 2.65 bits per heavy atom. The summed E-state index contributed by atoms with van der Waals surface area (Å²) in [5, 5.41) is 4.16. The monoisotopic (exact) mass is 416 g/mol. The number of para-hydroxylation sites is 1. The average Bonchev–Trinajstić information content (AvgIpc) is 3.40.